The van der Waals surface area contributed by atoms with Crippen LogP contribution in [0.5, 0.6) is 0 Å². The first-order valence-corrected chi connectivity index (χ1v) is 5.53. The Morgan fingerprint density at radius 2 is 2.40 bits per heavy atom. The number of nitrogens with one attached hydrogen (secondary N) is 1. The van der Waals surface area contributed by atoms with Crippen LogP contribution >= 0.6 is 15.9 Å². The Hall–Kier alpha value is -0.810. The van der Waals surface area contributed by atoms with Gasteiger partial charge in [0.15, 0.2) is 0 Å². The molecule has 4 nitrogen and oxygen atoms in total. The van der Waals surface area contributed by atoms with Crippen LogP contribution in [0, 0.1) is 0 Å². The van der Waals surface area contributed by atoms with E-state index in [2.05, 4.69) is 21.2 Å². The lowest BCUT2D eigenvalue weighted by atomic mass is 10.3. The lowest BCUT2D eigenvalue weighted by Gasteiger charge is -2.05. The highest BCUT2D eigenvalue weighted by Crippen LogP contribution is 2.13. The normalized spacial score (nSPS) is 10.3. The fourth-order valence-electron chi connectivity index (χ4n) is 1.26. The predicted molar refractivity (Wildman–Crippen MR) is 61.9 cm³/mol. The summed E-state index contributed by atoms with van der Waals surface area (Å²) in [5, 5.41) is 2.83. The summed E-state index contributed by atoms with van der Waals surface area (Å²) >= 11 is 3.32. The fraction of sp³-hybridized carbons (Fsp3) is 0.500. The molecule has 0 aliphatic rings. The van der Waals surface area contributed by atoms with E-state index < -0.39 is 0 Å². The quantitative estimate of drug-likeness (QED) is 0.829. The molecule has 0 unspecified atom stereocenters. The standard InChI is InChI=1S/C10H15BrN2O2/c1-13-7-8(11)6-9(13)10(14)12-4-3-5-15-2/h6-7H,3-5H2,1-2H3,(H,12,14). The fourth-order valence-corrected chi connectivity index (χ4v) is 1.78. The van der Waals surface area contributed by atoms with Gasteiger partial charge in [0.25, 0.3) is 5.91 Å². The van der Waals surface area contributed by atoms with Gasteiger partial charge in [0.1, 0.15) is 5.69 Å². The Bertz CT molecular complexity index is 336. The molecule has 0 radical (unpaired) electrons. The van der Waals surface area contributed by atoms with Crippen molar-refractivity contribution in [1.82, 2.24) is 9.88 Å². The zero-order valence-corrected chi connectivity index (χ0v) is 10.5. The summed E-state index contributed by atoms with van der Waals surface area (Å²) in [6.45, 7) is 1.30. The molecule has 1 rings (SSSR count). The van der Waals surface area contributed by atoms with Crippen molar-refractivity contribution in [2.24, 2.45) is 7.05 Å². The molecule has 0 aromatic carbocycles. The number of hydrogen-bond acceptors (Lipinski definition) is 2. The van der Waals surface area contributed by atoms with Gasteiger partial charge in [0.05, 0.1) is 0 Å². The molecule has 0 fully saturated rings. The monoisotopic (exact) mass is 274 g/mol. The van der Waals surface area contributed by atoms with E-state index in [1.807, 2.05) is 13.2 Å². The van der Waals surface area contributed by atoms with Crippen LogP contribution in [-0.2, 0) is 11.8 Å². The number of carbonyl (C=O) groups is 1. The molecule has 0 saturated carbocycles. The highest BCUT2D eigenvalue weighted by Gasteiger charge is 2.09. The first-order valence-electron chi connectivity index (χ1n) is 4.74. The maximum atomic E-state index is 11.6. The van der Waals surface area contributed by atoms with Crippen molar-refractivity contribution in [3.05, 3.63) is 22.4 Å². The van der Waals surface area contributed by atoms with Gasteiger partial charge in [-0.15, -0.1) is 0 Å². The lowest BCUT2D eigenvalue weighted by molar-refractivity contribution is 0.0940. The van der Waals surface area contributed by atoms with Crippen LogP contribution in [0.3, 0.4) is 0 Å². The maximum absolute atomic E-state index is 11.6. The number of ether oxygens (including phenoxy) is 1. The number of hydrogen-bond donors (Lipinski definition) is 1. The molecular formula is C10H15BrN2O2. The Kier molecular flexibility index (Phi) is 4.84. The molecule has 0 atom stereocenters. The summed E-state index contributed by atoms with van der Waals surface area (Å²) in [6.07, 6.45) is 2.68. The topological polar surface area (TPSA) is 43.3 Å². The van der Waals surface area contributed by atoms with Gasteiger partial charge in [0.2, 0.25) is 0 Å². The molecule has 15 heavy (non-hydrogen) atoms. The van der Waals surface area contributed by atoms with Gasteiger partial charge in [-0.3, -0.25) is 4.79 Å². The molecule has 1 aromatic rings. The van der Waals surface area contributed by atoms with E-state index in [9.17, 15) is 4.79 Å². The summed E-state index contributed by atoms with van der Waals surface area (Å²) < 4.78 is 7.59. The molecule has 0 saturated heterocycles. The largest absolute Gasteiger partial charge is 0.385 e. The lowest BCUT2D eigenvalue weighted by Crippen LogP contribution is -2.26. The third-order valence-corrected chi connectivity index (χ3v) is 2.45. The summed E-state index contributed by atoms with van der Waals surface area (Å²) in [5.74, 6) is -0.0562. The van der Waals surface area contributed by atoms with Crippen molar-refractivity contribution in [2.75, 3.05) is 20.3 Å². The molecule has 0 aliphatic heterocycles. The van der Waals surface area contributed by atoms with Gasteiger partial charge in [-0.2, -0.15) is 0 Å². The maximum Gasteiger partial charge on any atom is 0.267 e. The molecule has 5 heteroatoms. The van der Waals surface area contributed by atoms with Crippen LogP contribution in [0.4, 0.5) is 0 Å². The Morgan fingerprint density at radius 1 is 1.67 bits per heavy atom. The number of aryl methyl sites for hydroxylation is 1. The van der Waals surface area contributed by atoms with Crippen molar-refractivity contribution in [3.8, 4) is 0 Å². The molecule has 1 heterocycles. The average Bonchev–Trinajstić information content (AvgIpc) is 2.52. The third kappa shape index (κ3) is 3.68. The number of nitrogens with zero attached hydrogens (tertiary/aromatic N) is 1. The van der Waals surface area contributed by atoms with E-state index in [4.69, 9.17) is 4.74 Å². The summed E-state index contributed by atoms with van der Waals surface area (Å²) in [6, 6.07) is 1.80. The molecule has 1 amide bonds. The number of halogens is 1. The van der Waals surface area contributed by atoms with E-state index in [1.165, 1.54) is 0 Å². The molecule has 0 bridgehead atoms. The van der Waals surface area contributed by atoms with Crippen molar-refractivity contribution in [2.45, 2.75) is 6.42 Å². The van der Waals surface area contributed by atoms with E-state index in [0.717, 1.165) is 10.9 Å². The number of methoxy groups -OCH3 is 1. The smallest absolute Gasteiger partial charge is 0.267 e. The van der Waals surface area contributed by atoms with Crippen molar-refractivity contribution in [1.29, 1.82) is 0 Å². The zero-order valence-electron chi connectivity index (χ0n) is 8.92. The SMILES string of the molecule is COCCCNC(=O)c1cc(Br)cn1C. The van der Waals surface area contributed by atoms with Gasteiger partial charge in [-0.1, -0.05) is 0 Å². The first-order chi connectivity index (χ1) is 7.15. The molecule has 84 valence electrons. The van der Waals surface area contributed by atoms with Gasteiger partial charge < -0.3 is 14.6 Å². The minimum absolute atomic E-state index is 0.0562. The number of rotatable bonds is 5. The Balaban J connectivity index is 2.43. The van der Waals surface area contributed by atoms with Gasteiger partial charge >= 0.3 is 0 Å². The Labute approximate surface area is 97.7 Å². The molecule has 0 spiro atoms. The van der Waals surface area contributed by atoms with Gasteiger partial charge in [0, 0.05) is 38.0 Å². The molecular weight excluding hydrogens is 260 g/mol. The Morgan fingerprint density at radius 3 is 2.93 bits per heavy atom. The first kappa shape index (κ1) is 12.3. The van der Waals surface area contributed by atoms with Crippen molar-refractivity contribution in [3.63, 3.8) is 0 Å². The summed E-state index contributed by atoms with van der Waals surface area (Å²) in [5.41, 5.74) is 0.652. The molecule has 0 aliphatic carbocycles. The van der Waals surface area contributed by atoms with Crippen LogP contribution in [0.15, 0.2) is 16.7 Å². The summed E-state index contributed by atoms with van der Waals surface area (Å²) in [4.78, 5) is 11.6. The number of amides is 1. The van der Waals surface area contributed by atoms with E-state index >= 15 is 0 Å². The van der Waals surface area contributed by atoms with Gasteiger partial charge in [-0.25, -0.2) is 0 Å². The summed E-state index contributed by atoms with van der Waals surface area (Å²) in [7, 11) is 3.49. The van der Waals surface area contributed by atoms with E-state index in [1.54, 1.807) is 17.7 Å². The minimum atomic E-state index is -0.0562. The molecule has 1 N–H and O–H groups in total. The predicted octanol–water partition coefficient (Wildman–Crippen LogP) is 1.55. The van der Waals surface area contributed by atoms with Gasteiger partial charge in [-0.05, 0) is 28.4 Å². The second-order valence-electron chi connectivity index (χ2n) is 3.26. The highest BCUT2D eigenvalue weighted by atomic mass is 79.9. The van der Waals surface area contributed by atoms with Crippen LogP contribution in [-0.4, -0.2) is 30.7 Å². The second kappa shape index (κ2) is 5.92. The zero-order chi connectivity index (χ0) is 11.3. The van der Waals surface area contributed by atoms with Crippen LogP contribution in [0.2, 0.25) is 0 Å². The minimum Gasteiger partial charge on any atom is -0.385 e. The third-order valence-electron chi connectivity index (χ3n) is 2.02. The second-order valence-corrected chi connectivity index (χ2v) is 4.17. The van der Waals surface area contributed by atoms with Crippen LogP contribution in [0.25, 0.3) is 0 Å². The van der Waals surface area contributed by atoms with Crippen molar-refractivity contribution < 1.29 is 9.53 Å². The van der Waals surface area contributed by atoms with Crippen LogP contribution in [0.1, 0.15) is 16.9 Å². The van der Waals surface area contributed by atoms with E-state index in [-0.39, 0.29) is 5.91 Å². The number of aromatic nitrogens is 1. The van der Waals surface area contributed by atoms with Crippen LogP contribution < -0.4 is 5.32 Å². The number of carbonyl (C=O) groups excluding carboxylic acids is 1. The highest BCUT2D eigenvalue weighted by molar-refractivity contribution is 9.10. The van der Waals surface area contributed by atoms with Crippen molar-refractivity contribution >= 4 is 21.8 Å². The molecule has 1 aromatic heterocycles. The van der Waals surface area contributed by atoms with E-state index in [0.29, 0.717) is 18.8 Å². The average molecular weight is 275 g/mol.